The van der Waals surface area contributed by atoms with Crippen molar-refractivity contribution >= 4 is 22.7 Å². The van der Waals surface area contributed by atoms with E-state index in [2.05, 4.69) is 15.2 Å². The van der Waals surface area contributed by atoms with Gasteiger partial charge in [0, 0.05) is 45.0 Å². The molecule has 2 fully saturated rings. The van der Waals surface area contributed by atoms with Crippen molar-refractivity contribution in [3.8, 4) is 0 Å². The third kappa shape index (κ3) is 3.79. The van der Waals surface area contributed by atoms with Crippen LogP contribution in [0.25, 0.3) is 11.0 Å². The summed E-state index contributed by atoms with van der Waals surface area (Å²) in [5.74, 6) is 1.65. The summed E-state index contributed by atoms with van der Waals surface area (Å²) >= 11 is 0. The van der Waals surface area contributed by atoms with Crippen LogP contribution in [0.2, 0.25) is 0 Å². The molecular formula is C19H25N3O3. The van der Waals surface area contributed by atoms with Crippen molar-refractivity contribution in [3.05, 3.63) is 24.6 Å². The lowest BCUT2D eigenvalue weighted by Gasteiger charge is -2.33. The smallest absolute Gasteiger partial charge is 0.220 e. The molecule has 2 aliphatic heterocycles. The quantitative estimate of drug-likeness (QED) is 0.924. The van der Waals surface area contributed by atoms with Gasteiger partial charge in [0.2, 0.25) is 5.91 Å². The number of fused-ring (bicyclic) bond motifs is 1. The molecule has 2 aliphatic rings. The maximum absolute atomic E-state index is 12.3. The molecule has 6 nitrogen and oxygen atoms in total. The first-order valence-corrected chi connectivity index (χ1v) is 9.24. The fraction of sp³-hybridized carbons (Fsp3) is 0.579. The minimum absolute atomic E-state index is 0.195. The molecule has 0 saturated carbocycles. The van der Waals surface area contributed by atoms with Crippen LogP contribution in [0.1, 0.15) is 32.1 Å². The maximum Gasteiger partial charge on any atom is 0.220 e. The number of furan rings is 1. The fourth-order valence-corrected chi connectivity index (χ4v) is 3.87. The maximum atomic E-state index is 12.3. The fourth-order valence-electron chi connectivity index (χ4n) is 3.87. The van der Waals surface area contributed by atoms with Crippen LogP contribution in [0.3, 0.4) is 0 Å². The Bertz CT molecular complexity index is 716. The lowest BCUT2D eigenvalue weighted by atomic mass is 9.92. The average Bonchev–Trinajstić information content (AvgIpc) is 3.12. The number of aromatic nitrogens is 1. The molecule has 0 aromatic carbocycles. The largest absolute Gasteiger partial charge is 0.464 e. The zero-order valence-corrected chi connectivity index (χ0v) is 14.4. The van der Waals surface area contributed by atoms with Gasteiger partial charge in [-0.2, -0.15) is 0 Å². The highest BCUT2D eigenvalue weighted by Gasteiger charge is 2.25. The van der Waals surface area contributed by atoms with Crippen molar-refractivity contribution in [2.75, 3.05) is 31.2 Å². The summed E-state index contributed by atoms with van der Waals surface area (Å²) < 4.78 is 10.8. The summed E-state index contributed by atoms with van der Waals surface area (Å²) in [5.41, 5.74) is 0.878. The molecule has 0 unspecified atom stereocenters. The van der Waals surface area contributed by atoms with Crippen LogP contribution in [-0.2, 0) is 9.53 Å². The van der Waals surface area contributed by atoms with Gasteiger partial charge in [-0.05, 0) is 43.7 Å². The molecule has 0 bridgehead atoms. The van der Waals surface area contributed by atoms with E-state index >= 15 is 0 Å². The Morgan fingerprint density at radius 1 is 1.20 bits per heavy atom. The van der Waals surface area contributed by atoms with Crippen LogP contribution in [0.15, 0.2) is 29.0 Å². The first-order chi connectivity index (χ1) is 12.3. The normalized spacial score (nSPS) is 20.1. The molecule has 2 aromatic heterocycles. The zero-order chi connectivity index (χ0) is 17.1. The molecular weight excluding hydrogens is 318 g/mol. The first-order valence-electron chi connectivity index (χ1n) is 9.24. The molecule has 0 radical (unpaired) electrons. The standard InChI is InChI=1S/C19H25N3O3/c23-18(21-15-4-10-24-11-5-15)13-14-2-8-22(9-3-14)19-16-6-12-25-17(16)1-7-20-19/h1,6-7,12,14-15H,2-5,8-11,13H2,(H,21,23). The summed E-state index contributed by atoms with van der Waals surface area (Å²) in [7, 11) is 0. The first kappa shape index (κ1) is 16.4. The van der Waals surface area contributed by atoms with Crippen molar-refractivity contribution in [3.63, 3.8) is 0 Å². The molecule has 134 valence electrons. The van der Waals surface area contributed by atoms with E-state index in [0.717, 1.165) is 68.8 Å². The lowest BCUT2D eigenvalue weighted by Crippen LogP contribution is -2.41. The van der Waals surface area contributed by atoms with Crippen molar-refractivity contribution in [1.29, 1.82) is 0 Å². The van der Waals surface area contributed by atoms with Crippen LogP contribution >= 0.6 is 0 Å². The van der Waals surface area contributed by atoms with E-state index in [0.29, 0.717) is 18.4 Å². The minimum atomic E-state index is 0.195. The topological polar surface area (TPSA) is 67.6 Å². The zero-order valence-electron chi connectivity index (χ0n) is 14.4. The average molecular weight is 343 g/mol. The molecule has 0 atom stereocenters. The Kier molecular flexibility index (Phi) is 4.88. The van der Waals surface area contributed by atoms with E-state index in [9.17, 15) is 4.79 Å². The summed E-state index contributed by atoms with van der Waals surface area (Å²) in [4.78, 5) is 19.1. The van der Waals surface area contributed by atoms with Gasteiger partial charge in [0.05, 0.1) is 11.6 Å². The number of rotatable bonds is 4. The van der Waals surface area contributed by atoms with Gasteiger partial charge in [-0.3, -0.25) is 4.79 Å². The lowest BCUT2D eigenvalue weighted by molar-refractivity contribution is -0.123. The Balaban J connectivity index is 1.29. The second-order valence-electron chi connectivity index (χ2n) is 7.06. The number of carbonyl (C=O) groups excluding carboxylic acids is 1. The minimum Gasteiger partial charge on any atom is -0.464 e. The predicted molar refractivity (Wildman–Crippen MR) is 95.5 cm³/mol. The summed E-state index contributed by atoms with van der Waals surface area (Å²) in [5, 5.41) is 4.24. The van der Waals surface area contributed by atoms with Crippen molar-refractivity contribution < 1.29 is 13.9 Å². The van der Waals surface area contributed by atoms with E-state index in [-0.39, 0.29) is 5.91 Å². The molecule has 2 aromatic rings. The van der Waals surface area contributed by atoms with Gasteiger partial charge in [0.25, 0.3) is 0 Å². The van der Waals surface area contributed by atoms with Crippen molar-refractivity contribution in [1.82, 2.24) is 10.3 Å². The summed E-state index contributed by atoms with van der Waals surface area (Å²) in [6.45, 7) is 3.39. The Morgan fingerprint density at radius 3 is 2.80 bits per heavy atom. The van der Waals surface area contributed by atoms with Gasteiger partial charge in [-0.25, -0.2) is 4.98 Å². The number of piperidine rings is 1. The highest BCUT2D eigenvalue weighted by molar-refractivity contribution is 5.88. The second kappa shape index (κ2) is 7.44. The predicted octanol–water partition coefficient (Wildman–Crippen LogP) is 2.73. The van der Waals surface area contributed by atoms with Gasteiger partial charge in [0.1, 0.15) is 11.4 Å². The number of nitrogens with zero attached hydrogens (tertiary/aromatic N) is 2. The number of amides is 1. The molecule has 4 rings (SSSR count). The van der Waals surface area contributed by atoms with Crippen LogP contribution in [0.5, 0.6) is 0 Å². The number of anilines is 1. The van der Waals surface area contributed by atoms with Crippen LogP contribution < -0.4 is 10.2 Å². The number of ether oxygens (including phenoxy) is 1. The number of hydrogen-bond acceptors (Lipinski definition) is 5. The van der Waals surface area contributed by atoms with E-state index in [1.165, 1.54) is 0 Å². The van der Waals surface area contributed by atoms with E-state index < -0.39 is 0 Å². The molecule has 25 heavy (non-hydrogen) atoms. The summed E-state index contributed by atoms with van der Waals surface area (Å²) in [6.07, 6.45) is 8.07. The highest BCUT2D eigenvalue weighted by atomic mass is 16.5. The monoisotopic (exact) mass is 343 g/mol. The van der Waals surface area contributed by atoms with Gasteiger partial charge in [-0.1, -0.05) is 0 Å². The molecule has 2 saturated heterocycles. The SMILES string of the molecule is O=C(CC1CCN(c2nccc3occc23)CC1)NC1CCOCC1. The third-order valence-corrected chi connectivity index (χ3v) is 5.33. The van der Waals surface area contributed by atoms with Crippen molar-refractivity contribution in [2.45, 2.75) is 38.1 Å². The van der Waals surface area contributed by atoms with Gasteiger partial charge in [-0.15, -0.1) is 0 Å². The summed E-state index contributed by atoms with van der Waals surface area (Å²) in [6, 6.07) is 4.17. The molecule has 1 amide bonds. The number of nitrogens with one attached hydrogen (secondary N) is 1. The van der Waals surface area contributed by atoms with Gasteiger partial charge in [0.15, 0.2) is 0 Å². The van der Waals surface area contributed by atoms with E-state index in [1.54, 1.807) is 12.5 Å². The highest BCUT2D eigenvalue weighted by Crippen LogP contribution is 2.29. The van der Waals surface area contributed by atoms with Crippen LogP contribution in [-0.4, -0.2) is 43.2 Å². The van der Waals surface area contributed by atoms with Crippen molar-refractivity contribution in [2.24, 2.45) is 5.92 Å². The number of pyridine rings is 1. The molecule has 4 heterocycles. The molecule has 0 spiro atoms. The molecule has 0 aliphatic carbocycles. The Morgan fingerprint density at radius 2 is 2.00 bits per heavy atom. The van der Waals surface area contributed by atoms with Crippen LogP contribution in [0.4, 0.5) is 5.82 Å². The van der Waals surface area contributed by atoms with E-state index in [4.69, 9.17) is 9.15 Å². The number of hydrogen-bond donors (Lipinski definition) is 1. The van der Waals surface area contributed by atoms with Gasteiger partial charge < -0.3 is 19.4 Å². The van der Waals surface area contributed by atoms with Gasteiger partial charge >= 0.3 is 0 Å². The Hall–Kier alpha value is -2.08. The van der Waals surface area contributed by atoms with E-state index in [1.807, 2.05) is 12.1 Å². The second-order valence-corrected chi connectivity index (χ2v) is 7.06. The Labute approximate surface area is 147 Å². The third-order valence-electron chi connectivity index (χ3n) is 5.33. The number of carbonyl (C=O) groups is 1. The molecule has 6 heteroatoms. The van der Waals surface area contributed by atoms with Crippen LogP contribution in [0, 0.1) is 5.92 Å². The molecule has 1 N–H and O–H groups in total.